The van der Waals surface area contributed by atoms with Crippen LogP contribution in [0.5, 0.6) is 0 Å². The Morgan fingerprint density at radius 1 is 1.00 bits per heavy atom. The van der Waals surface area contributed by atoms with E-state index in [0.29, 0.717) is 6.42 Å². The molecular formula is C17H20N2O6. The van der Waals surface area contributed by atoms with Crippen LogP contribution >= 0.6 is 0 Å². The van der Waals surface area contributed by atoms with Crippen LogP contribution in [0.1, 0.15) is 55.3 Å². The van der Waals surface area contributed by atoms with Crippen LogP contribution in [-0.4, -0.2) is 22.4 Å². The first-order valence-electron chi connectivity index (χ1n) is 8.26. The molecule has 8 heteroatoms. The highest BCUT2D eigenvalue weighted by molar-refractivity contribution is 5.91. The predicted octanol–water partition coefficient (Wildman–Crippen LogP) is 4.33. The normalized spacial score (nSPS) is 14.8. The molecule has 0 fully saturated rings. The zero-order valence-corrected chi connectivity index (χ0v) is 13.8. The van der Waals surface area contributed by atoms with Crippen molar-refractivity contribution >= 4 is 17.3 Å². The Hall–Kier alpha value is -2.77. The lowest BCUT2D eigenvalue weighted by atomic mass is 9.98. The van der Waals surface area contributed by atoms with Gasteiger partial charge in [-0.05, 0) is 25.7 Å². The molecule has 0 saturated heterocycles. The van der Waals surface area contributed by atoms with Gasteiger partial charge in [-0.15, -0.1) is 0 Å². The SMILES string of the molecule is O=C(OCCC1=CCCCCCC1)c1cc([N+](=O)[O-])cc([N+](=O)[O-])c1. The number of benzene rings is 1. The summed E-state index contributed by atoms with van der Waals surface area (Å²) >= 11 is 0. The molecule has 2 rings (SSSR count). The molecule has 8 nitrogen and oxygen atoms in total. The molecule has 0 unspecified atom stereocenters. The van der Waals surface area contributed by atoms with E-state index in [0.717, 1.165) is 37.5 Å². The zero-order valence-electron chi connectivity index (χ0n) is 13.8. The summed E-state index contributed by atoms with van der Waals surface area (Å²) < 4.78 is 5.15. The molecule has 0 saturated carbocycles. The van der Waals surface area contributed by atoms with E-state index in [-0.39, 0.29) is 12.2 Å². The lowest BCUT2D eigenvalue weighted by Crippen LogP contribution is -2.08. The Labute approximate surface area is 144 Å². The highest BCUT2D eigenvalue weighted by Gasteiger charge is 2.20. The summed E-state index contributed by atoms with van der Waals surface area (Å²) in [5.74, 6) is -0.793. The van der Waals surface area contributed by atoms with Crippen LogP contribution in [0.3, 0.4) is 0 Å². The number of allylic oxidation sites excluding steroid dienone is 1. The lowest BCUT2D eigenvalue weighted by Gasteiger charge is -2.11. The highest BCUT2D eigenvalue weighted by atomic mass is 16.6. The minimum atomic E-state index is -0.793. The summed E-state index contributed by atoms with van der Waals surface area (Å²) in [5.41, 5.74) is 0.0396. The van der Waals surface area contributed by atoms with Crippen molar-refractivity contribution in [1.29, 1.82) is 0 Å². The van der Waals surface area contributed by atoms with Crippen molar-refractivity contribution in [3.05, 3.63) is 55.6 Å². The number of nitro groups is 2. The molecule has 0 amide bonds. The summed E-state index contributed by atoms with van der Waals surface area (Å²) in [6.07, 6.45) is 9.55. The molecule has 0 spiro atoms. The summed E-state index contributed by atoms with van der Waals surface area (Å²) in [7, 11) is 0. The van der Waals surface area contributed by atoms with Crippen LogP contribution in [0.2, 0.25) is 0 Å². The van der Waals surface area contributed by atoms with Crippen LogP contribution in [-0.2, 0) is 4.74 Å². The number of ether oxygens (including phenoxy) is 1. The second-order valence-electron chi connectivity index (χ2n) is 5.95. The smallest absolute Gasteiger partial charge is 0.338 e. The number of esters is 1. The van der Waals surface area contributed by atoms with E-state index >= 15 is 0 Å². The number of carbonyl (C=O) groups excluding carboxylic acids is 1. The van der Waals surface area contributed by atoms with Crippen LogP contribution < -0.4 is 0 Å². The third-order valence-electron chi connectivity index (χ3n) is 4.10. The van der Waals surface area contributed by atoms with Crippen LogP contribution in [0.25, 0.3) is 0 Å². The van der Waals surface area contributed by atoms with Crippen molar-refractivity contribution < 1.29 is 19.4 Å². The van der Waals surface area contributed by atoms with Crippen LogP contribution in [0.4, 0.5) is 11.4 Å². The van der Waals surface area contributed by atoms with E-state index < -0.39 is 27.2 Å². The van der Waals surface area contributed by atoms with E-state index in [1.165, 1.54) is 24.8 Å². The van der Waals surface area contributed by atoms with Gasteiger partial charge < -0.3 is 4.74 Å². The number of non-ortho nitro benzene ring substituents is 2. The molecule has 0 radical (unpaired) electrons. The molecule has 0 heterocycles. The second kappa shape index (κ2) is 8.91. The number of nitrogens with zero attached hydrogens (tertiary/aromatic N) is 2. The third-order valence-corrected chi connectivity index (χ3v) is 4.10. The number of nitro benzene ring substituents is 2. The third kappa shape index (κ3) is 5.66. The van der Waals surface area contributed by atoms with Gasteiger partial charge in [0.25, 0.3) is 11.4 Å². The van der Waals surface area contributed by atoms with Gasteiger partial charge in [-0.2, -0.15) is 0 Å². The monoisotopic (exact) mass is 348 g/mol. The summed E-state index contributed by atoms with van der Waals surface area (Å²) in [4.78, 5) is 32.2. The standard InChI is InChI=1S/C17H20N2O6/c20-17(25-9-8-13-6-4-2-1-3-5-7-13)14-10-15(18(21)22)12-16(11-14)19(23)24/h6,10-12H,1-5,7-9H2. The average molecular weight is 348 g/mol. The molecule has 1 aliphatic rings. The summed E-state index contributed by atoms with van der Waals surface area (Å²) in [5, 5.41) is 21.7. The molecule has 0 aromatic heterocycles. The molecule has 1 aliphatic carbocycles. The second-order valence-corrected chi connectivity index (χ2v) is 5.95. The Bertz CT molecular complexity index is 666. The molecule has 134 valence electrons. The van der Waals surface area contributed by atoms with Crippen molar-refractivity contribution in [2.24, 2.45) is 0 Å². The van der Waals surface area contributed by atoms with E-state index in [4.69, 9.17) is 4.74 Å². The Morgan fingerprint density at radius 2 is 1.64 bits per heavy atom. The van der Waals surface area contributed by atoms with Gasteiger partial charge in [0.2, 0.25) is 0 Å². The fourth-order valence-electron chi connectivity index (χ4n) is 2.77. The number of hydrogen-bond donors (Lipinski definition) is 0. The maximum absolute atomic E-state index is 12.1. The van der Waals surface area contributed by atoms with Crippen LogP contribution in [0.15, 0.2) is 29.8 Å². The first-order chi connectivity index (χ1) is 12.0. The fraction of sp³-hybridized carbons (Fsp3) is 0.471. The Morgan fingerprint density at radius 3 is 2.28 bits per heavy atom. The fourth-order valence-corrected chi connectivity index (χ4v) is 2.77. The minimum Gasteiger partial charge on any atom is -0.462 e. The van der Waals surface area contributed by atoms with Gasteiger partial charge in [-0.25, -0.2) is 4.79 Å². The summed E-state index contributed by atoms with van der Waals surface area (Å²) in [6, 6.07) is 2.80. The Balaban J connectivity index is 2.00. The first kappa shape index (κ1) is 18.6. The minimum absolute atomic E-state index is 0.154. The van der Waals surface area contributed by atoms with Gasteiger partial charge in [0.05, 0.1) is 28.1 Å². The van der Waals surface area contributed by atoms with Gasteiger partial charge in [0.1, 0.15) is 0 Å². The quantitative estimate of drug-likeness (QED) is 0.327. The molecule has 0 aliphatic heterocycles. The summed E-state index contributed by atoms with van der Waals surface area (Å²) in [6.45, 7) is 0.154. The number of carbonyl (C=O) groups is 1. The van der Waals surface area contributed by atoms with E-state index in [9.17, 15) is 25.0 Å². The average Bonchev–Trinajstić information content (AvgIpc) is 2.55. The number of rotatable bonds is 6. The molecule has 1 aromatic carbocycles. The van der Waals surface area contributed by atoms with Crippen LogP contribution in [0, 0.1) is 20.2 Å². The first-order valence-corrected chi connectivity index (χ1v) is 8.26. The molecule has 25 heavy (non-hydrogen) atoms. The largest absolute Gasteiger partial charge is 0.462 e. The van der Waals surface area contributed by atoms with Crippen molar-refractivity contribution in [3.63, 3.8) is 0 Å². The van der Waals surface area contributed by atoms with Crippen molar-refractivity contribution in [2.75, 3.05) is 6.61 Å². The van der Waals surface area contributed by atoms with Gasteiger partial charge in [-0.1, -0.05) is 24.5 Å². The van der Waals surface area contributed by atoms with Crippen molar-refractivity contribution in [3.8, 4) is 0 Å². The molecule has 0 atom stereocenters. The van der Waals surface area contributed by atoms with Gasteiger partial charge in [0.15, 0.2) is 0 Å². The molecule has 0 N–H and O–H groups in total. The van der Waals surface area contributed by atoms with Crippen molar-refractivity contribution in [1.82, 2.24) is 0 Å². The lowest BCUT2D eigenvalue weighted by molar-refractivity contribution is -0.394. The van der Waals surface area contributed by atoms with Gasteiger partial charge in [-0.3, -0.25) is 20.2 Å². The zero-order chi connectivity index (χ0) is 18.2. The highest BCUT2D eigenvalue weighted by Crippen LogP contribution is 2.24. The van der Waals surface area contributed by atoms with E-state index in [2.05, 4.69) is 6.08 Å². The molecule has 0 bridgehead atoms. The number of hydrogen-bond acceptors (Lipinski definition) is 6. The predicted molar refractivity (Wildman–Crippen MR) is 90.4 cm³/mol. The maximum atomic E-state index is 12.1. The maximum Gasteiger partial charge on any atom is 0.338 e. The van der Waals surface area contributed by atoms with Gasteiger partial charge in [0, 0.05) is 18.6 Å². The molecular weight excluding hydrogens is 328 g/mol. The molecule has 1 aromatic rings. The van der Waals surface area contributed by atoms with E-state index in [1.807, 2.05) is 0 Å². The van der Waals surface area contributed by atoms with Crippen molar-refractivity contribution in [2.45, 2.75) is 44.9 Å². The topological polar surface area (TPSA) is 113 Å². The van der Waals surface area contributed by atoms with E-state index in [1.54, 1.807) is 0 Å². The Kier molecular flexibility index (Phi) is 6.62. The van der Waals surface area contributed by atoms with Gasteiger partial charge >= 0.3 is 5.97 Å².